The standard InChI is InChI=1S/C22H26FN3O3.C12H18N2/c1-29-21(27)20(17-7-9-18(23)10-8-17)25-22(28)24-19-11-13-26(14-12-19)15-16-5-3-2-4-6-16;13-12-6-8-14(9-7-12)10-11-4-2-1-3-5-11/h2-10,19-20H,11-15H2,1H3,(H2,24,25,28);1-5,12H,6-10,13H2. The fourth-order valence-electron chi connectivity index (χ4n) is 5.44. The number of halogens is 1. The number of piperidine rings is 2. The lowest BCUT2D eigenvalue weighted by molar-refractivity contribution is -0.143. The number of rotatable bonds is 8. The molecule has 0 saturated carbocycles. The zero-order valence-corrected chi connectivity index (χ0v) is 25.0. The molecule has 0 aromatic heterocycles. The number of nitrogens with one attached hydrogen (secondary N) is 2. The van der Waals surface area contributed by atoms with Crippen molar-refractivity contribution in [3.63, 3.8) is 0 Å². The first-order chi connectivity index (χ1) is 20.9. The largest absolute Gasteiger partial charge is 0.467 e. The quantitative estimate of drug-likeness (QED) is 0.332. The van der Waals surface area contributed by atoms with Gasteiger partial charge in [0.2, 0.25) is 0 Å². The zero-order valence-electron chi connectivity index (χ0n) is 25.0. The minimum atomic E-state index is -0.987. The number of likely N-dealkylation sites (tertiary alicyclic amines) is 2. The Balaban J connectivity index is 0.000000251. The molecule has 9 heteroatoms. The molecule has 230 valence electrons. The molecule has 2 heterocycles. The third kappa shape index (κ3) is 10.8. The van der Waals surface area contributed by atoms with Gasteiger partial charge in [-0.15, -0.1) is 0 Å². The number of amides is 2. The van der Waals surface area contributed by atoms with Crippen molar-refractivity contribution in [2.45, 2.75) is 56.9 Å². The topological polar surface area (TPSA) is 99.9 Å². The number of methoxy groups -OCH3 is 1. The smallest absolute Gasteiger partial charge is 0.333 e. The zero-order chi connectivity index (χ0) is 30.4. The van der Waals surface area contributed by atoms with E-state index in [2.05, 4.69) is 62.9 Å². The maximum Gasteiger partial charge on any atom is 0.333 e. The second-order valence-electron chi connectivity index (χ2n) is 11.3. The first kappa shape index (κ1) is 32.1. The van der Waals surface area contributed by atoms with E-state index in [-0.39, 0.29) is 6.04 Å². The number of carbonyl (C=O) groups excluding carboxylic acids is 2. The van der Waals surface area contributed by atoms with Gasteiger partial charge in [-0.1, -0.05) is 72.8 Å². The van der Waals surface area contributed by atoms with Gasteiger partial charge in [0.25, 0.3) is 0 Å². The van der Waals surface area contributed by atoms with Crippen molar-refractivity contribution >= 4 is 12.0 Å². The van der Waals surface area contributed by atoms with Crippen molar-refractivity contribution in [3.05, 3.63) is 107 Å². The van der Waals surface area contributed by atoms with Gasteiger partial charge in [0.15, 0.2) is 6.04 Å². The summed E-state index contributed by atoms with van der Waals surface area (Å²) in [6.07, 6.45) is 3.96. The molecule has 2 fully saturated rings. The summed E-state index contributed by atoms with van der Waals surface area (Å²) in [6, 6.07) is 25.4. The molecule has 0 aliphatic carbocycles. The van der Waals surface area contributed by atoms with Crippen molar-refractivity contribution in [1.82, 2.24) is 20.4 Å². The van der Waals surface area contributed by atoms with Crippen molar-refractivity contribution in [2.75, 3.05) is 33.3 Å². The SMILES string of the molecule is COC(=O)C(NC(=O)NC1CCN(Cc2ccccc2)CC1)c1ccc(F)cc1.NC1CCN(Cc2ccccc2)CC1. The average molecular weight is 590 g/mol. The summed E-state index contributed by atoms with van der Waals surface area (Å²) in [5.41, 5.74) is 9.01. The van der Waals surface area contributed by atoms with Crippen LogP contribution in [0.3, 0.4) is 0 Å². The van der Waals surface area contributed by atoms with Crippen LogP contribution in [-0.4, -0.2) is 67.2 Å². The highest BCUT2D eigenvalue weighted by molar-refractivity contribution is 5.84. The molecular formula is C34H44FN5O3. The summed E-state index contributed by atoms with van der Waals surface area (Å²) in [7, 11) is 1.25. The van der Waals surface area contributed by atoms with E-state index in [1.807, 2.05) is 18.2 Å². The average Bonchev–Trinajstić information content (AvgIpc) is 3.03. The van der Waals surface area contributed by atoms with Gasteiger partial charge >= 0.3 is 12.0 Å². The molecule has 2 saturated heterocycles. The lowest BCUT2D eigenvalue weighted by Crippen LogP contribution is -2.49. The molecule has 2 aliphatic rings. The summed E-state index contributed by atoms with van der Waals surface area (Å²) >= 11 is 0. The third-order valence-electron chi connectivity index (χ3n) is 7.97. The molecule has 3 aromatic carbocycles. The van der Waals surface area contributed by atoms with E-state index in [0.29, 0.717) is 11.6 Å². The molecule has 3 aromatic rings. The molecule has 0 spiro atoms. The lowest BCUT2D eigenvalue weighted by atomic mass is 10.0. The highest BCUT2D eigenvalue weighted by atomic mass is 19.1. The summed E-state index contributed by atoms with van der Waals surface area (Å²) in [5, 5.41) is 5.58. The molecular weight excluding hydrogens is 545 g/mol. The third-order valence-corrected chi connectivity index (χ3v) is 7.97. The number of esters is 1. The van der Waals surface area contributed by atoms with Gasteiger partial charge in [0.1, 0.15) is 5.82 Å². The Morgan fingerprint density at radius 1 is 0.814 bits per heavy atom. The number of hydrogen-bond acceptors (Lipinski definition) is 6. The highest BCUT2D eigenvalue weighted by Crippen LogP contribution is 2.17. The molecule has 2 amide bonds. The lowest BCUT2D eigenvalue weighted by Gasteiger charge is -2.32. The van der Waals surface area contributed by atoms with Crippen LogP contribution in [0.25, 0.3) is 0 Å². The normalized spacial score (nSPS) is 17.3. The van der Waals surface area contributed by atoms with Gasteiger partial charge in [0, 0.05) is 38.3 Å². The van der Waals surface area contributed by atoms with Crippen LogP contribution in [-0.2, 0) is 22.6 Å². The van der Waals surface area contributed by atoms with Gasteiger partial charge in [-0.05, 0) is 67.6 Å². The highest BCUT2D eigenvalue weighted by Gasteiger charge is 2.26. The van der Waals surface area contributed by atoms with E-state index < -0.39 is 23.9 Å². The molecule has 2 aliphatic heterocycles. The van der Waals surface area contributed by atoms with Gasteiger partial charge in [-0.2, -0.15) is 0 Å². The Morgan fingerprint density at radius 2 is 1.30 bits per heavy atom. The molecule has 43 heavy (non-hydrogen) atoms. The van der Waals surface area contributed by atoms with E-state index in [0.717, 1.165) is 65.0 Å². The van der Waals surface area contributed by atoms with E-state index in [1.54, 1.807) is 0 Å². The van der Waals surface area contributed by atoms with E-state index in [1.165, 1.54) is 42.5 Å². The predicted molar refractivity (Wildman–Crippen MR) is 166 cm³/mol. The molecule has 5 rings (SSSR count). The molecule has 0 radical (unpaired) electrons. The Kier molecular flexibility index (Phi) is 12.5. The van der Waals surface area contributed by atoms with Gasteiger partial charge in [-0.25, -0.2) is 14.0 Å². The van der Waals surface area contributed by atoms with Crippen LogP contribution in [0.4, 0.5) is 9.18 Å². The predicted octanol–water partition coefficient (Wildman–Crippen LogP) is 4.61. The van der Waals surface area contributed by atoms with Gasteiger partial charge in [-0.3, -0.25) is 9.80 Å². The van der Waals surface area contributed by atoms with Crippen LogP contribution in [0.5, 0.6) is 0 Å². The Hall–Kier alpha value is -3.79. The van der Waals surface area contributed by atoms with Crippen LogP contribution >= 0.6 is 0 Å². The summed E-state index contributed by atoms with van der Waals surface area (Å²) in [4.78, 5) is 29.4. The molecule has 1 unspecified atom stereocenters. The Bertz CT molecular complexity index is 1250. The van der Waals surface area contributed by atoms with Crippen molar-refractivity contribution in [1.29, 1.82) is 0 Å². The monoisotopic (exact) mass is 589 g/mol. The minimum Gasteiger partial charge on any atom is -0.467 e. The molecule has 1 atom stereocenters. The molecule has 0 bridgehead atoms. The first-order valence-electron chi connectivity index (χ1n) is 15.1. The fraction of sp³-hybridized carbons (Fsp3) is 0.412. The number of hydrogen-bond donors (Lipinski definition) is 3. The first-order valence-corrected chi connectivity index (χ1v) is 15.1. The van der Waals surface area contributed by atoms with E-state index >= 15 is 0 Å². The molecule has 8 nitrogen and oxygen atoms in total. The van der Waals surface area contributed by atoms with E-state index in [9.17, 15) is 14.0 Å². The maximum atomic E-state index is 13.2. The number of carbonyl (C=O) groups is 2. The van der Waals surface area contributed by atoms with E-state index in [4.69, 9.17) is 10.5 Å². The summed E-state index contributed by atoms with van der Waals surface area (Å²) in [5.74, 6) is -1.02. The van der Waals surface area contributed by atoms with Gasteiger partial charge in [0.05, 0.1) is 7.11 Å². The maximum absolute atomic E-state index is 13.2. The number of benzene rings is 3. The van der Waals surface area contributed by atoms with Crippen LogP contribution in [0, 0.1) is 5.82 Å². The van der Waals surface area contributed by atoms with Crippen molar-refractivity contribution in [3.8, 4) is 0 Å². The summed E-state index contributed by atoms with van der Waals surface area (Å²) < 4.78 is 17.9. The van der Waals surface area contributed by atoms with Crippen LogP contribution < -0.4 is 16.4 Å². The Labute approximate surface area is 254 Å². The second kappa shape index (κ2) is 16.7. The minimum absolute atomic E-state index is 0.0357. The summed E-state index contributed by atoms with van der Waals surface area (Å²) in [6.45, 7) is 6.05. The van der Waals surface area contributed by atoms with Gasteiger partial charge < -0.3 is 21.1 Å². The van der Waals surface area contributed by atoms with Crippen LogP contribution in [0.1, 0.15) is 48.4 Å². The number of nitrogens with zero attached hydrogens (tertiary/aromatic N) is 2. The number of nitrogens with two attached hydrogens (primary N) is 1. The van der Waals surface area contributed by atoms with Crippen LogP contribution in [0.15, 0.2) is 84.9 Å². The number of ether oxygens (including phenoxy) is 1. The van der Waals surface area contributed by atoms with Crippen molar-refractivity contribution < 1.29 is 18.7 Å². The van der Waals surface area contributed by atoms with Crippen LogP contribution in [0.2, 0.25) is 0 Å². The second-order valence-corrected chi connectivity index (χ2v) is 11.3. The molecule has 4 N–H and O–H groups in total. The fourth-order valence-corrected chi connectivity index (χ4v) is 5.44. The Morgan fingerprint density at radius 3 is 1.79 bits per heavy atom. The number of urea groups is 1. The van der Waals surface area contributed by atoms with Crippen molar-refractivity contribution in [2.24, 2.45) is 5.73 Å².